The molecule has 4 rings (SSSR count). The SMILES string of the molecule is COc1ccc(OCCN(C)C(=O)/C=C/c2cn(-c3ccccc3)nc2-c2cccnc2)cc1. The Hall–Kier alpha value is -4.39. The van der Waals surface area contributed by atoms with Gasteiger partial charge in [0.25, 0.3) is 0 Å². The van der Waals surface area contributed by atoms with Crippen molar-refractivity contribution in [3.63, 3.8) is 0 Å². The standard InChI is InChI=1S/C27H26N4O3/c1-30(17-18-34-25-13-11-24(33-2)12-14-25)26(32)15-10-22-20-31(23-8-4-3-5-9-23)29-27(22)21-7-6-16-28-19-21/h3-16,19-20H,17-18H2,1-2H3/b15-10+. The van der Waals surface area contributed by atoms with E-state index >= 15 is 0 Å². The van der Waals surface area contributed by atoms with Crippen molar-refractivity contribution in [2.45, 2.75) is 0 Å². The first kappa shape index (κ1) is 22.8. The van der Waals surface area contributed by atoms with Crippen LogP contribution in [0.15, 0.2) is 91.4 Å². The molecule has 1 amide bonds. The van der Waals surface area contributed by atoms with Gasteiger partial charge in [0.05, 0.1) is 19.3 Å². The van der Waals surface area contributed by atoms with Crippen LogP contribution in [-0.2, 0) is 4.79 Å². The second-order valence-corrected chi connectivity index (χ2v) is 7.57. The van der Waals surface area contributed by atoms with E-state index in [1.165, 1.54) is 0 Å². The lowest BCUT2D eigenvalue weighted by Crippen LogP contribution is -2.29. The summed E-state index contributed by atoms with van der Waals surface area (Å²) in [7, 11) is 3.37. The zero-order chi connectivity index (χ0) is 23.8. The zero-order valence-corrected chi connectivity index (χ0v) is 19.2. The van der Waals surface area contributed by atoms with Gasteiger partial charge < -0.3 is 14.4 Å². The minimum atomic E-state index is -0.122. The molecule has 2 aromatic heterocycles. The fourth-order valence-corrected chi connectivity index (χ4v) is 3.32. The summed E-state index contributed by atoms with van der Waals surface area (Å²) in [6.45, 7) is 0.837. The van der Waals surface area contributed by atoms with Crippen LogP contribution in [0.4, 0.5) is 0 Å². The maximum atomic E-state index is 12.7. The molecular formula is C27H26N4O3. The fraction of sp³-hybridized carbons (Fsp3) is 0.148. The summed E-state index contributed by atoms with van der Waals surface area (Å²) in [6.07, 6.45) is 8.74. The lowest BCUT2D eigenvalue weighted by Gasteiger charge is -2.15. The molecule has 0 aliphatic carbocycles. The maximum Gasteiger partial charge on any atom is 0.246 e. The van der Waals surface area contributed by atoms with Gasteiger partial charge in [-0.2, -0.15) is 5.10 Å². The molecule has 0 aliphatic heterocycles. The van der Waals surface area contributed by atoms with E-state index in [0.717, 1.165) is 34.0 Å². The molecule has 0 saturated carbocycles. The molecule has 34 heavy (non-hydrogen) atoms. The highest BCUT2D eigenvalue weighted by Gasteiger charge is 2.12. The summed E-state index contributed by atoms with van der Waals surface area (Å²) < 4.78 is 12.7. The Kier molecular flexibility index (Phi) is 7.35. The largest absolute Gasteiger partial charge is 0.497 e. The maximum absolute atomic E-state index is 12.7. The second kappa shape index (κ2) is 11.0. The Morgan fingerprint density at radius 1 is 1.03 bits per heavy atom. The third-order valence-corrected chi connectivity index (χ3v) is 5.23. The number of rotatable bonds is 9. The van der Waals surface area contributed by atoms with Crippen molar-refractivity contribution >= 4 is 12.0 Å². The third-order valence-electron chi connectivity index (χ3n) is 5.23. The molecule has 0 spiro atoms. The number of benzene rings is 2. The van der Waals surface area contributed by atoms with E-state index in [2.05, 4.69) is 4.98 Å². The normalized spacial score (nSPS) is 10.9. The van der Waals surface area contributed by atoms with Crippen LogP contribution in [0.5, 0.6) is 11.5 Å². The van der Waals surface area contributed by atoms with Crippen LogP contribution in [0.3, 0.4) is 0 Å². The van der Waals surface area contributed by atoms with Gasteiger partial charge in [0.1, 0.15) is 23.8 Å². The zero-order valence-electron chi connectivity index (χ0n) is 19.2. The highest BCUT2D eigenvalue weighted by Crippen LogP contribution is 2.24. The number of carbonyl (C=O) groups excluding carboxylic acids is 1. The molecule has 2 heterocycles. The van der Waals surface area contributed by atoms with E-state index in [9.17, 15) is 4.79 Å². The second-order valence-electron chi connectivity index (χ2n) is 7.57. The molecule has 172 valence electrons. The topological polar surface area (TPSA) is 69.5 Å². The van der Waals surface area contributed by atoms with Crippen molar-refractivity contribution in [1.29, 1.82) is 0 Å². The molecule has 0 N–H and O–H groups in total. The molecule has 7 heteroatoms. The number of pyridine rings is 1. The Bertz CT molecular complexity index is 1240. The first-order valence-corrected chi connectivity index (χ1v) is 10.9. The van der Waals surface area contributed by atoms with Crippen LogP contribution < -0.4 is 9.47 Å². The van der Waals surface area contributed by atoms with Crippen LogP contribution in [0, 0.1) is 0 Å². The number of methoxy groups -OCH3 is 1. The number of ether oxygens (including phenoxy) is 2. The van der Waals surface area contributed by atoms with Crippen molar-refractivity contribution in [1.82, 2.24) is 19.7 Å². The van der Waals surface area contributed by atoms with Crippen molar-refractivity contribution < 1.29 is 14.3 Å². The molecule has 0 saturated heterocycles. The van der Waals surface area contributed by atoms with Gasteiger partial charge in [-0.15, -0.1) is 0 Å². The quantitative estimate of drug-likeness (QED) is 0.349. The fourth-order valence-electron chi connectivity index (χ4n) is 3.32. The van der Waals surface area contributed by atoms with Gasteiger partial charge in [-0.05, 0) is 54.6 Å². The molecular weight excluding hydrogens is 428 g/mol. The lowest BCUT2D eigenvalue weighted by atomic mass is 10.1. The molecule has 7 nitrogen and oxygen atoms in total. The van der Waals surface area contributed by atoms with Crippen molar-refractivity contribution in [3.8, 4) is 28.4 Å². The van der Waals surface area contributed by atoms with E-state index in [4.69, 9.17) is 14.6 Å². The van der Waals surface area contributed by atoms with E-state index in [1.807, 2.05) is 72.9 Å². The van der Waals surface area contributed by atoms with E-state index in [-0.39, 0.29) is 5.91 Å². The van der Waals surface area contributed by atoms with Crippen LogP contribution in [-0.4, -0.2) is 52.9 Å². The molecule has 0 radical (unpaired) electrons. The van der Waals surface area contributed by atoms with Gasteiger partial charge in [-0.25, -0.2) is 4.68 Å². The monoisotopic (exact) mass is 454 g/mol. The lowest BCUT2D eigenvalue weighted by molar-refractivity contribution is -0.125. The molecule has 4 aromatic rings. The Morgan fingerprint density at radius 3 is 2.50 bits per heavy atom. The predicted octanol–water partition coefficient (Wildman–Crippen LogP) is 4.49. The summed E-state index contributed by atoms with van der Waals surface area (Å²) in [5, 5.41) is 4.74. The average Bonchev–Trinajstić information content (AvgIpc) is 3.33. The molecule has 0 atom stereocenters. The highest BCUT2D eigenvalue weighted by molar-refractivity contribution is 5.92. The van der Waals surface area contributed by atoms with Gasteiger partial charge in [0.2, 0.25) is 5.91 Å². The molecule has 2 aromatic carbocycles. The van der Waals surface area contributed by atoms with Crippen molar-refractivity contribution in [3.05, 3.63) is 97.0 Å². The van der Waals surface area contributed by atoms with Gasteiger partial charge in [-0.1, -0.05) is 18.2 Å². The molecule has 0 bridgehead atoms. The van der Waals surface area contributed by atoms with Crippen LogP contribution in [0.2, 0.25) is 0 Å². The average molecular weight is 455 g/mol. The Labute approximate surface area is 198 Å². The van der Waals surface area contributed by atoms with Crippen LogP contribution in [0.1, 0.15) is 5.56 Å². The summed E-state index contributed by atoms with van der Waals surface area (Å²) in [5.74, 6) is 1.38. The summed E-state index contributed by atoms with van der Waals surface area (Å²) in [6, 6.07) is 21.0. The minimum absolute atomic E-state index is 0.122. The molecule has 0 unspecified atom stereocenters. The first-order valence-electron chi connectivity index (χ1n) is 10.9. The Morgan fingerprint density at radius 2 is 1.79 bits per heavy atom. The smallest absolute Gasteiger partial charge is 0.246 e. The Balaban J connectivity index is 1.44. The predicted molar refractivity (Wildman–Crippen MR) is 132 cm³/mol. The van der Waals surface area contributed by atoms with E-state index in [0.29, 0.717) is 13.2 Å². The highest BCUT2D eigenvalue weighted by atomic mass is 16.5. The van der Waals surface area contributed by atoms with Crippen molar-refractivity contribution in [2.24, 2.45) is 0 Å². The summed E-state index contributed by atoms with van der Waals surface area (Å²) in [4.78, 5) is 18.5. The summed E-state index contributed by atoms with van der Waals surface area (Å²) >= 11 is 0. The van der Waals surface area contributed by atoms with Gasteiger partial charge in [-0.3, -0.25) is 9.78 Å². The summed E-state index contributed by atoms with van der Waals surface area (Å²) in [5.41, 5.74) is 3.40. The number of para-hydroxylation sites is 1. The van der Waals surface area contributed by atoms with E-state index < -0.39 is 0 Å². The first-order chi connectivity index (χ1) is 16.6. The van der Waals surface area contributed by atoms with E-state index in [1.54, 1.807) is 48.3 Å². The van der Waals surface area contributed by atoms with Crippen LogP contribution in [0.25, 0.3) is 23.0 Å². The van der Waals surface area contributed by atoms with Gasteiger partial charge in [0.15, 0.2) is 0 Å². The number of carbonyl (C=O) groups is 1. The van der Waals surface area contributed by atoms with Crippen LogP contribution >= 0.6 is 0 Å². The number of likely N-dealkylation sites (N-methyl/N-ethyl adjacent to an activating group) is 1. The molecule has 0 aliphatic rings. The number of amides is 1. The van der Waals surface area contributed by atoms with Gasteiger partial charge >= 0.3 is 0 Å². The van der Waals surface area contributed by atoms with Gasteiger partial charge in [0, 0.05) is 42.8 Å². The third kappa shape index (κ3) is 5.69. The number of nitrogens with zero attached hydrogens (tertiary/aromatic N) is 4. The number of hydrogen-bond donors (Lipinski definition) is 0. The number of aromatic nitrogens is 3. The number of hydrogen-bond acceptors (Lipinski definition) is 5. The minimum Gasteiger partial charge on any atom is -0.497 e. The molecule has 0 fully saturated rings. The van der Waals surface area contributed by atoms with Crippen molar-refractivity contribution in [2.75, 3.05) is 27.3 Å².